The van der Waals surface area contributed by atoms with Crippen molar-refractivity contribution in [1.29, 1.82) is 0 Å². The molecule has 1 aliphatic rings. The topological polar surface area (TPSA) is 70.6 Å². The molecule has 2 atom stereocenters. The van der Waals surface area contributed by atoms with Gasteiger partial charge in [-0.05, 0) is 37.6 Å². The predicted molar refractivity (Wildman–Crippen MR) is 78.1 cm³/mol. The molecule has 1 fully saturated rings. The van der Waals surface area contributed by atoms with Crippen LogP contribution in [-0.4, -0.2) is 36.9 Å². The molecule has 0 spiro atoms. The van der Waals surface area contributed by atoms with Gasteiger partial charge in [0.25, 0.3) is 0 Å². The molecule has 1 saturated heterocycles. The van der Waals surface area contributed by atoms with Gasteiger partial charge in [0.1, 0.15) is 5.75 Å². The molecule has 0 aromatic heterocycles. The van der Waals surface area contributed by atoms with Crippen LogP contribution in [0.5, 0.6) is 5.75 Å². The molecule has 8 heteroatoms. The molecule has 1 amide bonds. The van der Waals surface area contributed by atoms with Gasteiger partial charge >= 0.3 is 6.18 Å². The van der Waals surface area contributed by atoms with Gasteiger partial charge in [-0.3, -0.25) is 4.79 Å². The largest absolute Gasteiger partial charge is 0.496 e. The van der Waals surface area contributed by atoms with Gasteiger partial charge in [0.15, 0.2) is 0 Å². The number of hydrogen-bond acceptors (Lipinski definition) is 4. The number of nitrogens with one attached hydrogen (secondary N) is 2. The third kappa shape index (κ3) is 4.35. The zero-order valence-corrected chi connectivity index (χ0v) is 12.6. The number of amides is 1. The summed E-state index contributed by atoms with van der Waals surface area (Å²) >= 11 is 0. The number of aliphatic hydroxyl groups excluding tert-OH is 1. The monoisotopic (exact) mass is 332 g/mol. The van der Waals surface area contributed by atoms with E-state index in [1.165, 1.54) is 13.2 Å². The smallest absolute Gasteiger partial charge is 0.391 e. The molecule has 128 valence electrons. The Hall–Kier alpha value is -1.80. The van der Waals surface area contributed by atoms with E-state index in [9.17, 15) is 23.1 Å². The SMILES string of the molecule is COc1ccc(NC(=O)C2CC(C(F)(F)F)CCN2)cc1CO. The van der Waals surface area contributed by atoms with E-state index in [0.29, 0.717) is 17.0 Å². The number of ether oxygens (including phenoxy) is 1. The summed E-state index contributed by atoms with van der Waals surface area (Å²) in [7, 11) is 1.45. The van der Waals surface area contributed by atoms with Crippen LogP contribution in [0.1, 0.15) is 18.4 Å². The Morgan fingerprint density at radius 2 is 2.22 bits per heavy atom. The van der Waals surface area contributed by atoms with Crippen LogP contribution >= 0.6 is 0 Å². The van der Waals surface area contributed by atoms with Gasteiger partial charge in [-0.25, -0.2) is 0 Å². The highest BCUT2D eigenvalue weighted by Gasteiger charge is 2.43. The first-order valence-corrected chi connectivity index (χ1v) is 7.24. The normalized spacial score (nSPS) is 21.8. The van der Waals surface area contributed by atoms with E-state index in [0.717, 1.165) is 0 Å². The van der Waals surface area contributed by atoms with E-state index < -0.39 is 24.0 Å². The highest BCUT2D eigenvalue weighted by molar-refractivity contribution is 5.95. The zero-order valence-electron chi connectivity index (χ0n) is 12.6. The number of anilines is 1. The number of aliphatic hydroxyl groups is 1. The lowest BCUT2D eigenvalue weighted by Gasteiger charge is -2.30. The summed E-state index contributed by atoms with van der Waals surface area (Å²) < 4.78 is 43.4. The first kappa shape index (κ1) is 17.6. The van der Waals surface area contributed by atoms with Crippen molar-refractivity contribution in [1.82, 2.24) is 5.32 Å². The molecular formula is C15H19F3N2O3. The fraction of sp³-hybridized carbons (Fsp3) is 0.533. The summed E-state index contributed by atoms with van der Waals surface area (Å²) in [6.07, 6.45) is -4.59. The van der Waals surface area contributed by atoms with E-state index in [-0.39, 0.29) is 26.0 Å². The van der Waals surface area contributed by atoms with Crippen molar-refractivity contribution < 1.29 is 27.8 Å². The van der Waals surface area contributed by atoms with Crippen molar-refractivity contribution in [2.24, 2.45) is 5.92 Å². The first-order valence-electron chi connectivity index (χ1n) is 7.24. The van der Waals surface area contributed by atoms with E-state index in [2.05, 4.69) is 10.6 Å². The third-order valence-corrected chi connectivity index (χ3v) is 3.90. The Labute approximate surface area is 131 Å². The minimum absolute atomic E-state index is 0.0233. The summed E-state index contributed by atoms with van der Waals surface area (Å²) in [5.41, 5.74) is 0.880. The van der Waals surface area contributed by atoms with Crippen LogP contribution < -0.4 is 15.4 Å². The molecule has 5 nitrogen and oxygen atoms in total. The molecule has 0 saturated carbocycles. The van der Waals surface area contributed by atoms with E-state index in [1.54, 1.807) is 12.1 Å². The summed E-state index contributed by atoms with van der Waals surface area (Å²) in [6.45, 7) is -0.128. The predicted octanol–water partition coefficient (Wildman–Crippen LogP) is 2.06. The van der Waals surface area contributed by atoms with Crippen molar-refractivity contribution in [3.8, 4) is 5.75 Å². The summed E-state index contributed by atoms with van der Waals surface area (Å²) in [5, 5.41) is 14.6. The van der Waals surface area contributed by atoms with Gasteiger partial charge in [0.05, 0.1) is 25.7 Å². The number of rotatable bonds is 4. The molecule has 1 aliphatic heterocycles. The van der Waals surface area contributed by atoms with Crippen LogP contribution in [0.3, 0.4) is 0 Å². The van der Waals surface area contributed by atoms with E-state index >= 15 is 0 Å². The number of halogens is 3. The Morgan fingerprint density at radius 3 is 2.83 bits per heavy atom. The number of alkyl halides is 3. The molecule has 3 N–H and O–H groups in total. The molecule has 0 bridgehead atoms. The fourth-order valence-electron chi connectivity index (χ4n) is 2.62. The first-order chi connectivity index (χ1) is 10.8. The van der Waals surface area contributed by atoms with Crippen molar-refractivity contribution >= 4 is 11.6 Å². The van der Waals surface area contributed by atoms with Crippen LogP contribution in [0, 0.1) is 5.92 Å². The van der Waals surface area contributed by atoms with Gasteiger partial charge in [-0.1, -0.05) is 0 Å². The second-order valence-electron chi connectivity index (χ2n) is 5.44. The number of methoxy groups -OCH3 is 1. The molecular weight excluding hydrogens is 313 g/mol. The molecule has 1 aromatic carbocycles. The highest BCUT2D eigenvalue weighted by atomic mass is 19.4. The maximum Gasteiger partial charge on any atom is 0.391 e. The Kier molecular flexibility index (Phi) is 5.48. The fourth-order valence-corrected chi connectivity index (χ4v) is 2.62. The van der Waals surface area contributed by atoms with Crippen LogP contribution in [-0.2, 0) is 11.4 Å². The van der Waals surface area contributed by atoms with Gasteiger partial charge < -0.3 is 20.5 Å². The van der Waals surface area contributed by atoms with Gasteiger partial charge in [0, 0.05) is 11.3 Å². The van der Waals surface area contributed by atoms with Gasteiger partial charge in [-0.2, -0.15) is 13.2 Å². The average molecular weight is 332 g/mol. The van der Waals surface area contributed by atoms with E-state index in [4.69, 9.17) is 4.74 Å². The van der Waals surface area contributed by atoms with Crippen LogP contribution in [0.25, 0.3) is 0 Å². The van der Waals surface area contributed by atoms with Crippen molar-refractivity contribution in [2.75, 3.05) is 19.0 Å². The third-order valence-electron chi connectivity index (χ3n) is 3.90. The molecule has 1 heterocycles. The van der Waals surface area contributed by atoms with Crippen LogP contribution in [0.15, 0.2) is 18.2 Å². The minimum atomic E-state index is -4.29. The van der Waals surface area contributed by atoms with Crippen LogP contribution in [0.4, 0.5) is 18.9 Å². The number of carbonyl (C=O) groups excluding carboxylic acids is 1. The average Bonchev–Trinajstić information content (AvgIpc) is 2.54. The summed E-state index contributed by atoms with van der Waals surface area (Å²) in [4.78, 5) is 12.2. The minimum Gasteiger partial charge on any atom is -0.496 e. The lowest BCUT2D eigenvalue weighted by molar-refractivity contribution is -0.183. The van der Waals surface area contributed by atoms with Crippen molar-refractivity contribution in [3.05, 3.63) is 23.8 Å². The van der Waals surface area contributed by atoms with E-state index in [1.807, 2.05) is 0 Å². The quantitative estimate of drug-likeness (QED) is 0.789. The second kappa shape index (κ2) is 7.18. The van der Waals surface area contributed by atoms with Crippen LogP contribution in [0.2, 0.25) is 0 Å². The highest BCUT2D eigenvalue weighted by Crippen LogP contribution is 2.34. The van der Waals surface area contributed by atoms with Gasteiger partial charge in [-0.15, -0.1) is 0 Å². The molecule has 23 heavy (non-hydrogen) atoms. The number of piperidine rings is 1. The molecule has 0 radical (unpaired) electrons. The van der Waals surface area contributed by atoms with Crippen molar-refractivity contribution in [3.63, 3.8) is 0 Å². The Bertz CT molecular complexity index is 563. The molecule has 2 unspecified atom stereocenters. The number of carbonyl (C=O) groups is 1. The molecule has 0 aliphatic carbocycles. The Balaban J connectivity index is 2.04. The number of hydrogen-bond donors (Lipinski definition) is 3. The molecule has 1 aromatic rings. The van der Waals surface area contributed by atoms with Gasteiger partial charge in [0.2, 0.25) is 5.91 Å². The lowest BCUT2D eigenvalue weighted by atomic mass is 9.91. The lowest BCUT2D eigenvalue weighted by Crippen LogP contribution is -2.48. The molecule has 2 rings (SSSR count). The standard InChI is InChI=1S/C15H19F3N2O3/c1-23-13-3-2-11(6-9(13)8-21)20-14(22)12-7-10(4-5-19-12)15(16,17)18/h2-3,6,10,12,19,21H,4-5,7-8H2,1H3,(H,20,22). The zero-order chi connectivity index (χ0) is 17.0. The summed E-state index contributed by atoms with van der Waals surface area (Å²) in [5.74, 6) is -1.52. The maximum absolute atomic E-state index is 12.8. The Morgan fingerprint density at radius 1 is 1.48 bits per heavy atom. The van der Waals surface area contributed by atoms with Crippen molar-refractivity contribution in [2.45, 2.75) is 31.7 Å². The second-order valence-corrected chi connectivity index (χ2v) is 5.44. The maximum atomic E-state index is 12.8. The number of benzene rings is 1. The summed E-state index contributed by atoms with van der Waals surface area (Å²) in [6, 6.07) is 3.78.